The van der Waals surface area contributed by atoms with Gasteiger partial charge < -0.3 is 15.0 Å². The van der Waals surface area contributed by atoms with Crippen LogP contribution in [0.5, 0.6) is 5.75 Å². The number of hydrogen-bond donors (Lipinski definition) is 1. The molecule has 0 radical (unpaired) electrons. The van der Waals surface area contributed by atoms with Gasteiger partial charge in [-0.05, 0) is 24.3 Å². The number of piperazine rings is 1. The number of thiazole rings is 1. The Hall–Kier alpha value is -2.61. The van der Waals surface area contributed by atoms with Crippen LogP contribution in [0.2, 0.25) is 5.02 Å². The number of para-hydroxylation sites is 2. The zero-order valence-corrected chi connectivity index (χ0v) is 18.2. The van der Waals surface area contributed by atoms with Gasteiger partial charge in [0.2, 0.25) is 5.91 Å². The molecule has 6 nitrogen and oxygen atoms in total. The number of carbonyl (C=O) groups is 1. The second-order valence-corrected chi connectivity index (χ2v) is 8.32. The van der Waals surface area contributed by atoms with Gasteiger partial charge in [0.05, 0.1) is 25.0 Å². The van der Waals surface area contributed by atoms with Crippen LogP contribution in [0.1, 0.15) is 0 Å². The summed E-state index contributed by atoms with van der Waals surface area (Å²) in [5, 5.41) is 6.15. The third-order valence-electron chi connectivity index (χ3n) is 5.06. The van der Waals surface area contributed by atoms with Gasteiger partial charge in [-0.1, -0.05) is 35.9 Å². The Labute approximate surface area is 185 Å². The van der Waals surface area contributed by atoms with Crippen LogP contribution in [0.4, 0.5) is 10.8 Å². The summed E-state index contributed by atoms with van der Waals surface area (Å²) in [6.45, 7) is 3.70. The van der Waals surface area contributed by atoms with E-state index >= 15 is 0 Å². The van der Waals surface area contributed by atoms with E-state index in [4.69, 9.17) is 16.3 Å². The quantitative estimate of drug-likeness (QED) is 0.619. The van der Waals surface area contributed by atoms with E-state index in [0.717, 1.165) is 48.9 Å². The Bertz CT molecular complexity index is 1000. The van der Waals surface area contributed by atoms with Gasteiger partial charge in [0.15, 0.2) is 5.13 Å². The predicted molar refractivity (Wildman–Crippen MR) is 123 cm³/mol. The Morgan fingerprint density at radius 3 is 2.60 bits per heavy atom. The largest absolute Gasteiger partial charge is 0.495 e. The number of carbonyl (C=O) groups excluding carboxylic acids is 1. The number of halogens is 1. The molecule has 0 bridgehead atoms. The van der Waals surface area contributed by atoms with Gasteiger partial charge in [0.25, 0.3) is 0 Å². The van der Waals surface area contributed by atoms with E-state index in [0.29, 0.717) is 16.7 Å². The number of nitrogens with one attached hydrogen (secondary N) is 1. The third-order valence-corrected chi connectivity index (χ3v) is 6.07. The summed E-state index contributed by atoms with van der Waals surface area (Å²) in [7, 11) is 1.69. The smallest absolute Gasteiger partial charge is 0.240 e. The molecule has 3 aromatic rings. The molecule has 1 saturated heterocycles. The molecule has 1 aliphatic heterocycles. The summed E-state index contributed by atoms with van der Waals surface area (Å²) in [6.07, 6.45) is 0. The van der Waals surface area contributed by atoms with Crippen molar-refractivity contribution in [2.75, 3.05) is 50.1 Å². The van der Waals surface area contributed by atoms with Crippen molar-refractivity contribution in [3.05, 3.63) is 58.9 Å². The van der Waals surface area contributed by atoms with Crippen LogP contribution in [-0.2, 0) is 4.79 Å². The van der Waals surface area contributed by atoms with Crippen molar-refractivity contribution in [1.82, 2.24) is 9.88 Å². The zero-order chi connectivity index (χ0) is 20.9. The Balaban J connectivity index is 1.29. The molecule has 2 aromatic carbocycles. The number of anilines is 2. The first-order valence-electron chi connectivity index (χ1n) is 9.74. The zero-order valence-electron chi connectivity index (χ0n) is 16.7. The van der Waals surface area contributed by atoms with E-state index in [1.54, 1.807) is 7.11 Å². The average molecular weight is 443 g/mol. The second-order valence-electron chi connectivity index (χ2n) is 7.03. The monoisotopic (exact) mass is 442 g/mol. The van der Waals surface area contributed by atoms with Crippen molar-refractivity contribution in [3.8, 4) is 17.0 Å². The van der Waals surface area contributed by atoms with Gasteiger partial charge in [0.1, 0.15) is 5.75 Å². The van der Waals surface area contributed by atoms with Crippen LogP contribution in [0, 0.1) is 0 Å². The first kappa shape index (κ1) is 20.7. The minimum Gasteiger partial charge on any atom is -0.495 e. The van der Waals surface area contributed by atoms with Crippen LogP contribution in [0.3, 0.4) is 0 Å². The SMILES string of the molecule is COc1ccccc1N1CCN(CC(=O)Nc2nc(-c3ccc(Cl)cc3)cs2)CC1. The first-order chi connectivity index (χ1) is 14.6. The van der Waals surface area contributed by atoms with E-state index < -0.39 is 0 Å². The highest BCUT2D eigenvalue weighted by Gasteiger charge is 2.21. The van der Waals surface area contributed by atoms with Crippen molar-refractivity contribution < 1.29 is 9.53 Å². The highest BCUT2D eigenvalue weighted by atomic mass is 35.5. The van der Waals surface area contributed by atoms with Gasteiger partial charge in [-0.15, -0.1) is 11.3 Å². The molecule has 8 heteroatoms. The van der Waals surface area contributed by atoms with Gasteiger partial charge in [0, 0.05) is 42.1 Å². The second kappa shape index (κ2) is 9.47. The molecule has 1 aliphatic rings. The number of ether oxygens (including phenoxy) is 1. The number of methoxy groups -OCH3 is 1. The highest BCUT2D eigenvalue weighted by molar-refractivity contribution is 7.14. The summed E-state index contributed by atoms with van der Waals surface area (Å²) in [6, 6.07) is 15.5. The van der Waals surface area contributed by atoms with Crippen LogP contribution in [0.25, 0.3) is 11.3 Å². The molecule has 0 saturated carbocycles. The maximum Gasteiger partial charge on any atom is 0.240 e. The number of hydrogen-bond acceptors (Lipinski definition) is 6. The molecule has 2 heterocycles. The van der Waals surface area contributed by atoms with Crippen molar-refractivity contribution in [2.24, 2.45) is 0 Å². The molecule has 0 aliphatic carbocycles. The Kier molecular flexibility index (Phi) is 6.52. The number of rotatable bonds is 6. The molecule has 0 unspecified atom stereocenters. The Morgan fingerprint density at radius 2 is 1.87 bits per heavy atom. The fourth-order valence-electron chi connectivity index (χ4n) is 3.48. The van der Waals surface area contributed by atoms with Crippen LogP contribution in [-0.4, -0.2) is 55.6 Å². The summed E-state index contributed by atoms with van der Waals surface area (Å²) in [4.78, 5) is 21.5. The van der Waals surface area contributed by atoms with E-state index in [1.165, 1.54) is 11.3 Å². The van der Waals surface area contributed by atoms with Crippen LogP contribution >= 0.6 is 22.9 Å². The lowest BCUT2D eigenvalue weighted by Crippen LogP contribution is -2.48. The Morgan fingerprint density at radius 1 is 1.13 bits per heavy atom. The molecular formula is C22H23ClN4O2S. The van der Waals surface area contributed by atoms with Crippen molar-refractivity contribution in [1.29, 1.82) is 0 Å². The minimum absolute atomic E-state index is 0.0438. The van der Waals surface area contributed by atoms with E-state index in [1.807, 2.05) is 47.8 Å². The average Bonchev–Trinajstić information content (AvgIpc) is 3.23. The molecule has 0 spiro atoms. The summed E-state index contributed by atoms with van der Waals surface area (Å²) < 4.78 is 5.46. The third kappa shape index (κ3) is 4.92. The lowest BCUT2D eigenvalue weighted by molar-refractivity contribution is -0.117. The fraction of sp³-hybridized carbons (Fsp3) is 0.273. The number of benzene rings is 2. The van der Waals surface area contributed by atoms with Crippen molar-refractivity contribution in [3.63, 3.8) is 0 Å². The number of aromatic nitrogens is 1. The maximum atomic E-state index is 12.5. The number of amides is 1. The number of nitrogens with zero attached hydrogens (tertiary/aromatic N) is 3. The molecule has 156 valence electrons. The minimum atomic E-state index is -0.0438. The molecule has 1 N–H and O–H groups in total. The molecule has 1 fully saturated rings. The molecule has 0 atom stereocenters. The first-order valence-corrected chi connectivity index (χ1v) is 11.0. The summed E-state index contributed by atoms with van der Waals surface area (Å²) in [5.41, 5.74) is 2.91. The predicted octanol–water partition coefficient (Wildman–Crippen LogP) is 4.23. The van der Waals surface area contributed by atoms with E-state index in [2.05, 4.69) is 26.2 Å². The highest BCUT2D eigenvalue weighted by Crippen LogP contribution is 2.28. The normalized spacial score (nSPS) is 14.5. The molecule has 30 heavy (non-hydrogen) atoms. The lowest BCUT2D eigenvalue weighted by Gasteiger charge is -2.36. The topological polar surface area (TPSA) is 57.7 Å². The lowest BCUT2D eigenvalue weighted by atomic mass is 10.2. The van der Waals surface area contributed by atoms with Crippen LogP contribution < -0.4 is 15.0 Å². The molecule has 1 aromatic heterocycles. The van der Waals surface area contributed by atoms with E-state index in [-0.39, 0.29) is 5.91 Å². The van der Waals surface area contributed by atoms with Crippen molar-refractivity contribution >= 4 is 39.7 Å². The molecular weight excluding hydrogens is 420 g/mol. The summed E-state index contributed by atoms with van der Waals surface area (Å²) in [5.74, 6) is 0.835. The van der Waals surface area contributed by atoms with Crippen molar-refractivity contribution in [2.45, 2.75) is 0 Å². The van der Waals surface area contributed by atoms with Crippen LogP contribution in [0.15, 0.2) is 53.9 Å². The van der Waals surface area contributed by atoms with Gasteiger partial charge in [-0.2, -0.15) is 0 Å². The van der Waals surface area contributed by atoms with Gasteiger partial charge in [-0.25, -0.2) is 4.98 Å². The van der Waals surface area contributed by atoms with E-state index in [9.17, 15) is 4.79 Å². The maximum absolute atomic E-state index is 12.5. The standard InChI is InChI=1S/C22H23ClN4O2S/c1-29-20-5-3-2-4-19(20)27-12-10-26(11-13-27)14-21(28)25-22-24-18(15-30-22)16-6-8-17(23)9-7-16/h2-9,15H,10-14H2,1H3,(H,24,25,28). The molecule has 1 amide bonds. The molecule has 4 rings (SSSR count). The summed E-state index contributed by atoms with van der Waals surface area (Å²) >= 11 is 7.36. The van der Waals surface area contributed by atoms with Gasteiger partial charge >= 0.3 is 0 Å². The van der Waals surface area contributed by atoms with Gasteiger partial charge in [-0.3, -0.25) is 9.69 Å². The fourth-order valence-corrected chi connectivity index (χ4v) is 4.35.